The van der Waals surface area contributed by atoms with E-state index in [1.165, 1.54) is 12.0 Å². The molecule has 88 valence electrons. The zero-order chi connectivity index (χ0) is 11.5. The van der Waals surface area contributed by atoms with Gasteiger partial charge in [0.2, 0.25) is 0 Å². The van der Waals surface area contributed by atoms with Gasteiger partial charge in [-0.3, -0.25) is 0 Å². The van der Waals surface area contributed by atoms with Gasteiger partial charge in [0.05, 0.1) is 12.1 Å². The third kappa shape index (κ3) is 2.50. The van der Waals surface area contributed by atoms with Crippen molar-refractivity contribution in [3.05, 3.63) is 28.3 Å². The molecule has 1 aromatic rings. The Morgan fingerprint density at radius 2 is 2.31 bits per heavy atom. The first kappa shape index (κ1) is 11.7. The van der Waals surface area contributed by atoms with E-state index >= 15 is 0 Å². The Kier molecular flexibility index (Phi) is 3.72. The van der Waals surface area contributed by atoms with Gasteiger partial charge in [0, 0.05) is 0 Å². The molecule has 1 unspecified atom stereocenters. The summed E-state index contributed by atoms with van der Waals surface area (Å²) in [5, 5.41) is 4.11. The van der Waals surface area contributed by atoms with E-state index in [1.807, 2.05) is 13.0 Å². The maximum atomic E-state index is 6.18. The summed E-state index contributed by atoms with van der Waals surface area (Å²) in [6, 6.07) is 4.22. The quantitative estimate of drug-likeness (QED) is 0.876. The van der Waals surface area contributed by atoms with Crippen molar-refractivity contribution < 1.29 is 4.74 Å². The lowest BCUT2D eigenvalue weighted by Crippen LogP contribution is -2.10. The highest BCUT2D eigenvalue weighted by molar-refractivity contribution is 6.32. The summed E-state index contributed by atoms with van der Waals surface area (Å²) in [6.07, 6.45) is 2.38. The predicted octanol–water partition coefficient (Wildman–Crippen LogP) is 2.81. The molecule has 1 atom stereocenters. The molecule has 1 aliphatic heterocycles. The lowest BCUT2D eigenvalue weighted by atomic mass is 9.97. The maximum absolute atomic E-state index is 6.18. The van der Waals surface area contributed by atoms with Crippen LogP contribution >= 0.6 is 11.6 Å². The van der Waals surface area contributed by atoms with E-state index in [2.05, 4.69) is 11.4 Å². The highest BCUT2D eigenvalue weighted by atomic mass is 35.5. The number of methoxy groups -OCH3 is 1. The van der Waals surface area contributed by atoms with Gasteiger partial charge >= 0.3 is 0 Å². The Morgan fingerprint density at radius 3 is 2.88 bits per heavy atom. The van der Waals surface area contributed by atoms with E-state index in [4.69, 9.17) is 16.3 Å². The van der Waals surface area contributed by atoms with Crippen LogP contribution in [0.5, 0.6) is 5.75 Å². The van der Waals surface area contributed by atoms with E-state index < -0.39 is 0 Å². The van der Waals surface area contributed by atoms with Crippen LogP contribution < -0.4 is 10.1 Å². The van der Waals surface area contributed by atoms with Crippen LogP contribution in [0.3, 0.4) is 0 Å². The van der Waals surface area contributed by atoms with Gasteiger partial charge in [-0.2, -0.15) is 0 Å². The highest BCUT2D eigenvalue weighted by Gasteiger charge is 2.16. The number of nitrogens with one attached hydrogen (secondary N) is 1. The summed E-state index contributed by atoms with van der Waals surface area (Å²) < 4.78 is 5.26. The lowest BCUT2D eigenvalue weighted by molar-refractivity contribution is 0.411. The number of rotatable bonds is 3. The van der Waals surface area contributed by atoms with Gasteiger partial charge in [-0.05, 0) is 56.0 Å². The van der Waals surface area contributed by atoms with Crippen LogP contribution in [-0.4, -0.2) is 20.2 Å². The smallest absolute Gasteiger partial charge is 0.140 e. The molecule has 0 amide bonds. The molecule has 1 fully saturated rings. The number of hydrogen-bond acceptors (Lipinski definition) is 2. The molecule has 1 aliphatic rings. The minimum atomic E-state index is 0.725. The summed E-state index contributed by atoms with van der Waals surface area (Å²) in [5.74, 6) is 1.55. The van der Waals surface area contributed by atoms with Crippen molar-refractivity contribution in [2.24, 2.45) is 5.92 Å². The molecule has 2 nitrogen and oxygen atoms in total. The standard InChI is InChI=1S/C13H18ClNO/c1-9-5-11(6-10-3-4-15-8-10)7-12(14)13(9)16-2/h5,7,10,15H,3-4,6,8H2,1-2H3. The zero-order valence-corrected chi connectivity index (χ0v) is 10.6. The van der Waals surface area contributed by atoms with Crippen LogP contribution in [-0.2, 0) is 6.42 Å². The molecule has 2 rings (SSSR count). The maximum Gasteiger partial charge on any atom is 0.140 e. The van der Waals surface area contributed by atoms with Crippen molar-refractivity contribution in [2.75, 3.05) is 20.2 Å². The Bertz CT molecular complexity index is 349. The predicted molar refractivity (Wildman–Crippen MR) is 67.4 cm³/mol. The average molecular weight is 240 g/mol. The molecule has 0 radical (unpaired) electrons. The summed E-state index contributed by atoms with van der Waals surface area (Å²) in [7, 11) is 1.66. The Balaban J connectivity index is 2.15. The second-order valence-corrected chi connectivity index (χ2v) is 4.90. The van der Waals surface area contributed by atoms with E-state index in [0.29, 0.717) is 0 Å². The van der Waals surface area contributed by atoms with Crippen molar-refractivity contribution in [1.29, 1.82) is 0 Å². The molecule has 1 N–H and O–H groups in total. The molecule has 0 bridgehead atoms. The number of hydrogen-bond donors (Lipinski definition) is 1. The molecule has 16 heavy (non-hydrogen) atoms. The van der Waals surface area contributed by atoms with Gasteiger partial charge in [0.15, 0.2) is 0 Å². The third-order valence-corrected chi connectivity index (χ3v) is 3.46. The van der Waals surface area contributed by atoms with Crippen molar-refractivity contribution >= 4 is 11.6 Å². The van der Waals surface area contributed by atoms with Gasteiger partial charge in [-0.15, -0.1) is 0 Å². The van der Waals surface area contributed by atoms with E-state index in [9.17, 15) is 0 Å². The van der Waals surface area contributed by atoms with Gasteiger partial charge in [-0.1, -0.05) is 17.7 Å². The van der Waals surface area contributed by atoms with Crippen LogP contribution in [0.2, 0.25) is 5.02 Å². The number of halogens is 1. The molecule has 0 spiro atoms. The first-order chi connectivity index (χ1) is 7.70. The fourth-order valence-corrected chi connectivity index (χ4v) is 2.77. The largest absolute Gasteiger partial charge is 0.495 e. The highest BCUT2D eigenvalue weighted by Crippen LogP contribution is 2.30. The van der Waals surface area contributed by atoms with Crippen LogP contribution in [0.4, 0.5) is 0 Å². The van der Waals surface area contributed by atoms with E-state index in [0.717, 1.165) is 41.8 Å². The minimum Gasteiger partial charge on any atom is -0.495 e. The first-order valence-electron chi connectivity index (χ1n) is 5.74. The molecule has 1 saturated heterocycles. The molecule has 3 heteroatoms. The average Bonchev–Trinajstić information content (AvgIpc) is 2.70. The molecule has 0 aliphatic carbocycles. The molecule has 0 saturated carbocycles. The van der Waals surface area contributed by atoms with Crippen LogP contribution in [0.15, 0.2) is 12.1 Å². The fourth-order valence-electron chi connectivity index (χ4n) is 2.40. The van der Waals surface area contributed by atoms with Crippen molar-refractivity contribution in [2.45, 2.75) is 19.8 Å². The van der Waals surface area contributed by atoms with Crippen LogP contribution in [0, 0.1) is 12.8 Å². The number of ether oxygens (including phenoxy) is 1. The molecular weight excluding hydrogens is 222 g/mol. The normalized spacial score (nSPS) is 20.1. The van der Waals surface area contributed by atoms with Gasteiger partial charge in [0.1, 0.15) is 5.75 Å². The minimum absolute atomic E-state index is 0.725. The number of aryl methyl sites for hydroxylation is 1. The van der Waals surface area contributed by atoms with E-state index in [1.54, 1.807) is 7.11 Å². The van der Waals surface area contributed by atoms with Crippen molar-refractivity contribution in [3.63, 3.8) is 0 Å². The van der Waals surface area contributed by atoms with Crippen LogP contribution in [0.1, 0.15) is 17.5 Å². The number of benzene rings is 1. The summed E-state index contributed by atoms with van der Waals surface area (Å²) >= 11 is 6.18. The van der Waals surface area contributed by atoms with Crippen LogP contribution in [0.25, 0.3) is 0 Å². The lowest BCUT2D eigenvalue weighted by Gasteiger charge is -2.12. The second-order valence-electron chi connectivity index (χ2n) is 4.49. The molecular formula is C13H18ClNO. The Labute approximate surface area is 102 Å². The molecule has 1 aromatic carbocycles. The first-order valence-corrected chi connectivity index (χ1v) is 6.12. The van der Waals surface area contributed by atoms with Crippen molar-refractivity contribution in [1.82, 2.24) is 5.32 Å². The monoisotopic (exact) mass is 239 g/mol. The topological polar surface area (TPSA) is 21.3 Å². The zero-order valence-electron chi connectivity index (χ0n) is 9.85. The summed E-state index contributed by atoms with van der Waals surface area (Å²) in [4.78, 5) is 0. The Morgan fingerprint density at radius 1 is 1.50 bits per heavy atom. The van der Waals surface area contributed by atoms with Gasteiger partial charge in [0.25, 0.3) is 0 Å². The molecule has 0 aromatic heterocycles. The van der Waals surface area contributed by atoms with Crippen molar-refractivity contribution in [3.8, 4) is 5.75 Å². The SMILES string of the molecule is COc1c(C)cc(CC2CCNC2)cc1Cl. The van der Waals surface area contributed by atoms with Gasteiger partial charge < -0.3 is 10.1 Å². The third-order valence-electron chi connectivity index (χ3n) is 3.18. The van der Waals surface area contributed by atoms with Gasteiger partial charge in [-0.25, -0.2) is 0 Å². The Hall–Kier alpha value is -0.730. The summed E-state index contributed by atoms with van der Waals surface area (Å²) in [6.45, 7) is 4.32. The molecule has 1 heterocycles. The summed E-state index contributed by atoms with van der Waals surface area (Å²) in [5.41, 5.74) is 2.44. The second kappa shape index (κ2) is 5.07. The van der Waals surface area contributed by atoms with E-state index in [-0.39, 0.29) is 0 Å². The fraction of sp³-hybridized carbons (Fsp3) is 0.538.